The fourth-order valence-electron chi connectivity index (χ4n) is 2.00. The monoisotopic (exact) mass is 225 g/mol. The molecule has 0 aromatic heterocycles. The van der Waals surface area contributed by atoms with E-state index >= 15 is 0 Å². The van der Waals surface area contributed by atoms with Crippen molar-refractivity contribution in [1.29, 1.82) is 0 Å². The molecule has 90 valence electrons. The largest absolute Gasteiger partial charge is 0.352 e. The summed E-state index contributed by atoms with van der Waals surface area (Å²) in [6.07, 6.45) is 3.73. The summed E-state index contributed by atoms with van der Waals surface area (Å²) in [6, 6.07) is -0.479. The quantitative estimate of drug-likeness (QED) is 0.686. The van der Waals surface area contributed by atoms with Gasteiger partial charge in [0, 0.05) is 12.6 Å². The first kappa shape index (κ1) is 11.4. The van der Waals surface area contributed by atoms with Crippen LogP contribution in [-0.2, 0) is 9.59 Å². The maximum Gasteiger partial charge on any atom is 0.242 e. The fourth-order valence-corrected chi connectivity index (χ4v) is 2.00. The SMILES string of the molecule is C[C@H](C(=O)NC1CC1)N1CCC[C@H](N)C1=O. The van der Waals surface area contributed by atoms with Crippen LogP contribution < -0.4 is 11.1 Å². The Morgan fingerprint density at radius 2 is 2.19 bits per heavy atom. The van der Waals surface area contributed by atoms with Crippen LogP contribution in [0.15, 0.2) is 0 Å². The molecule has 2 fully saturated rings. The van der Waals surface area contributed by atoms with E-state index in [2.05, 4.69) is 5.32 Å². The molecule has 1 aliphatic heterocycles. The molecule has 5 nitrogen and oxygen atoms in total. The smallest absolute Gasteiger partial charge is 0.242 e. The van der Waals surface area contributed by atoms with Crippen LogP contribution in [0.1, 0.15) is 32.6 Å². The average molecular weight is 225 g/mol. The molecule has 1 aliphatic carbocycles. The van der Waals surface area contributed by atoms with Crippen molar-refractivity contribution >= 4 is 11.8 Å². The molecule has 2 amide bonds. The number of amides is 2. The third kappa shape index (κ3) is 2.35. The Balaban J connectivity index is 1.93. The highest BCUT2D eigenvalue weighted by Gasteiger charge is 2.34. The summed E-state index contributed by atoms with van der Waals surface area (Å²) in [5.41, 5.74) is 5.70. The summed E-state index contributed by atoms with van der Waals surface area (Å²) < 4.78 is 0. The second-order valence-corrected chi connectivity index (χ2v) is 4.74. The number of likely N-dealkylation sites (tertiary alicyclic amines) is 1. The van der Waals surface area contributed by atoms with Crippen LogP contribution in [0.25, 0.3) is 0 Å². The number of nitrogens with two attached hydrogens (primary N) is 1. The summed E-state index contributed by atoms with van der Waals surface area (Å²) in [4.78, 5) is 25.2. The number of carbonyl (C=O) groups excluding carboxylic acids is 2. The number of nitrogens with one attached hydrogen (secondary N) is 1. The van der Waals surface area contributed by atoms with Crippen LogP contribution in [0.2, 0.25) is 0 Å². The van der Waals surface area contributed by atoms with Gasteiger partial charge >= 0.3 is 0 Å². The van der Waals surface area contributed by atoms with E-state index in [0.717, 1.165) is 25.7 Å². The molecule has 0 unspecified atom stereocenters. The average Bonchev–Trinajstić information content (AvgIpc) is 3.05. The van der Waals surface area contributed by atoms with Crippen LogP contribution in [0.4, 0.5) is 0 Å². The Morgan fingerprint density at radius 3 is 2.81 bits per heavy atom. The Kier molecular flexibility index (Phi) is 3.14. The predicted molar refractivity (Wildman–Crippen MR) is 59.5 cm³/mol. The van der Waals surface area contributed by atoms with Crippen LogP contribution in [-0.4, -0.2) is 41.4 Å². The maximum atomic E-state index is 11.8. The van der Waals surface area contributed by atoms with E-state index in [0.29, 0.717) is 12.6 Å². The van der Waals surface area contributed by atoms with Gasteiger partial charge in [0.15, 0.2) is 0 Å². The Morgan fingerprint density at radius 1 is 1.50 bits per heavy atom. The number of nitrogens with zero attached hydrogens (tertiary/aromatic N) is 1. The standard InChI is InChI=1S/C11H19N3O2/c1-7(10(15)13-8-4-5-8)14-6-2-3-9(12)11(14)16/h7-9H,2-6,12H2,1H3,(H,13,15)/t7-,9+/m1/s1. The Hall–Kier alpha value is -1.10. The van der Waals surface area contributed by atoms with Crippen molar-refractivity contribution in [3.8, 4) is 0 Å². The van der Waals surface area contributed by atoms with Gasteiger partial charge in [0.05, 0.1) is 6.04 Å². The molecule has 2 atom stereocenters. The third-order valence-electron chi connectivity index (χ3n) is 3.29. The first-order valence-electron chi connectivity index (χ1n) is 5.96. The Bertz CT molecular complexity index is 302. The molecule has 5 heteroatoms. The van der Waals surface area contributed by atoms with Gasteiger partial charge in [-0.1, -0.05) is 0 Å². The van der Waals surface area contributed by atoms with E-state index in [1.165, 1.54) is 0 Å². The molecule has 2 rings (SSSR count). The highest BCUT2D eigenvalue weighted by molar-refractivity contribution is 5.90. The minimum absolute atomic E-state index is 0.0510. The molecule has 0 aromatic rings. The molecule has 16 heavy (non-hydrogen) atoms. The number of carbonyl (C=O) groups is 2. The second-order valence-electron chi connectivity index (χ2n) is 4.74. The van der Waals surface area contributed by atoms with E-state index in [-0.39, 0.29) is 17.9 Å². The van der Waals surface area contributed by atoms with Crippen molar-refractivity contribution in [3.05, 3.63) is 0 Å². The van der Waals surface area contributed by atoms with Crippen molar-refractivity contribution in [2.75, 3.05) is 6.54 Å². The van der Waals surface area contributed by atoms with Gasteiger partial charge in [-0.25, -0.2) is 0 Å². The van der Waals surface area contributed by atoms with Crippen LogP contribution in [0.3, 0.4) is 0 Å². The van der Waals surface area contributed by atoms with Crippen molar-refractivity contribution in [1.82, 2.24) is 10.2 Å². The lowest BCUT2D eigenvalue weighted by molar-refractivity contribution is -0.143. The molecule has 1 saturated carbocycles. The lowest BCUT2D eigenvalue weighted by Crippen LogP contribution is -2.56. The molecule has 0 aromatic carbocycles. The zero-order valence-corrected chi connectivity index (χ0v) is 9.61. The third-order valence-corrected chi connectivity index (χ3v) is 3.29. The van der Waals surface area contributed by atoms with Gasteiger partial charge in [-0.3, -0.25) is 9.59 Å². The molecule has 0 bridgehead atoms. The lowest BCUT2D eigenvalue weighted by Gasteiger charge is -2.34. The number of rotatable bonds is 3. The minimum atomic E-state index is -0.426. The highest BCUT2D eigenvalue weighted by atomic mass is 16.2. The zero-order valence-electron chi connectivity index (χ0n) is 9.61. The van der Waals surface area contributed by atoms with E-state index in [1.807, 2.05) is 0 Å². The van der Waals surface area contributed by atoms with E-state index in [9.17, 15) is 9.59 Å². The molecule has 0 radical (unpaired) electrons. The zero-order chi connectivity index (χ0) is 11.7. The van der Waals surface area contributed by atoms with E-state index < -0.39 is 6.04 Å². The highest BCUT2D eigenvalue weighted by Crippen LogP contribution is 2.20. The van der Waals surface area contributed by atoms with Crippen molar-refractivity contribution in [2.45, 2.75) is 50.7 Å². The molecule has 1 heterocycles. The molecular formula is C11H19N3O2. The normalized spacial score (nSPS) is 27.8. The summed E-state index contributed by atoms with van der Waals surface area (Å²) in [5.74, 6) is -0.144. The van der Waals surface area contributed by atoms with Crippen molar-refractivity contribution in [2.24, 2.45) is 5.73 Å². The van der Waals surface area contributed by atoms with Gasteiger partial charge in [0.25, 0.3) is 0 Å². The van der Waals surface area contributed by atoms with Crippen molar-refractivity contribution in [3.63, 3.8) is 0 Å². The summed E-state index contributed by atoms with van der Waals surface area (Å²) in [7, 11) is 0. The van der Waals surface area contributed by atoms with Gasteiger partial charge in [0.2, 0.25) is 11.8 Å². The molecule has 0 spiro atoms. The van der Waals surface area contributed by atoms with Crippen LogP contribution in [0.5, 0.6) is 0 Å². The summed E-state index contributed by atoms with van der Waals surface area (Å²) in [6.45, 7) is 2.42. The van der Waals surface area contributed by atoms with Gasteiger partial charge in [-0.2, -0.15) is 0 Å². The van der Waals surface area contributed by atoms with Gasteiger partial charge in [-0.15, -0.1) is 0 Å². The maximum absolute atomic E-state index is 11.8. The number of hydrogen-bond acceptors (Lipinski definition) is 3. The van der Waals surface area contributed by atoms with Gasteiger partial charge < -0.3 is 16.0 Å². The van der Waals surface area contributed by atoms with Crippen LogP contribution in [0, 0.1) is 0 Å². The molecule has 3 N–H and O–H groups in total. The molecular weight excluding hydrogens is 206 g/mol. The molecule has 1 saturated heterocycles. The fraction of sp³-hybridized carbons (Fsp3) is 0.818. The minimum Gasteiger partial charge on any atom is -0.352 e. The predicted octanol–water partition coefficient (Wildman–Crippen LogP) is -0.397. The topological polar surface area (TPSA) is 75.4 Å². The number of hydrogen-bond donors (Lipinski definition) is 2. The van der Waals surface area contributed by atoms with Gasteiger partial charge in [-0.05, 0) is 32.6 Å². The summed E-state index contributed by atoms with van der Waals surface area (Å²) >= 11 is 0. The van der Waals surface area contributed by atoms with Crippen LogP contribution >= 0.6 is 0 Å². The first-order valence-corrected chi connectivity index (χ1v) is 5.96. The van der Waals surface area contributed by atoms with Gasteiger partial charge in [0.1, 0.15) is 6.04 Å². The molecule has 2 aliphatic rings. The summed E-state index contributed by atoms with van der Waals surface area (Å²) in [5, 5.41) is 2.91. The Labute approximate surface area is 95.3 Å². The van der Waals surface area contributed by atoms with Crippen molar-refractivity contribution < 1.29 is 9.59 Å². The van der Waals surface area contributed by atoms with E-state index in [4.69, 9.17) is 5.73 Å². The van der Waals surface area contributed by atoms with E-state index in [1.54, 1.807) is 11.8 Å². The number of piperidine rings is 1. The second kappa shape index (κ2) is 4.41. The first-order chi connectivity index (χ1) is 7.59. The lowest BCUT2D eigenvalue weighted by atomic mass is 10.0.